The third-order valence-corrected chi connectivity index (χ3v) is 7.48. The number of nitrogens with two attached hydrogens (primary N) is 1. The lowest BCUT2D eigenvalue weighted by molar-refractivity contribution is -0.143. The van der Waals surface area contributed by atoms with Crippen molar-refractivity contribution in [3.8, 4) is 11.5 Å². The van der Waals surface area contributed by atoms with Crippen LogP contribution in [0.15, 0.2) is 36.4 Å². The Kier molecular flexibility index (Phi) is 4.81. The Morgan fingerprint density at radius 1 is 1.11 bits per heavy atom. The van der Waals surface area contributed by atoms with Crippen molar-refractivity contribution in [1.82, 2.24) is 10.2 Å². The molecule has 2 aromatic carbocycles. The van der Waals surface area contributed by atoms with Crippen LogP contribution in [0.5, 0.6) is 11.5 Å². The van der Waals surface area contributed by atoms with E-state index in [1.165, 1.54) is 4.90 Å². The molecule has 10 nitrogen and oxygen atoms in total. The smallest absolute Gasteiger partial charge is 0.250 e. The van der Waals surface area contributed by atoms with Crippen molar-refractivity contribution >= 4 is 40.9 Å². The second-order valence-corrected chi connectivity index (χ2v) is 9.60. The SMILES string of the molecule is NC(=O)CCC1NC2(C(=O)Nc3ccc(Cl)cc32)C2C(=O)N(Cc3ccc4c(c3)OCO4)C(=O)C12. The molecule has 180 valence electrons. The molecule has 1 spiro atoms. The Balaban J connectivity index is 1.40. The quantitative estimate of drug-likeness (QED) is 0.529. The first-order valence-corrected chi connectivity index (χ1v) is 11.6. The second-order valence-electron chi connectivity index (χ2n) is 9.16. The number of carbonyl (C=O) groups is 4. The predicted molar refractivity (Wildman–Crippen MR) is 122 cm³/mol. The van der Waals surface area contributed by atoms with Crippen molar-refractivity contribution in [2.45, 2.75) is 31.0 Å². The van der Waals surface area contributed by atoms with E-state index in [0.717, 1.165) is 0 Å². The number of rotatable bonds is 5. The molecule has 2 fully saturated rings. The zero-order valence-electron chi connectivity index (χ0n) is 18.4. The largest absolute Gasteiger partial charge is 0.454 e. The van der Waals surface area contributed by atoms with E-state index in [1.807, 2.05) is 0 Å². The van der Waals surface area contributed by atoms with Crippen molar-refractivity contribution in [3.05, 3.63) is 52.5 Å². The van der Waals surface area contributed by atoms with E-state index in [2.05, 4.69) is 10.6 Å². The van der Waals surface area contributed by atoms with Gasteiger partial charge in [0.1, 0.15) is 5.54 Å². The molecule has 0 bridgehead atoms. The lowest BCUT2D eigenvalue weighted by Crippen LogP contribution is -2.53. The molecule has 11 heteroatoms. The zero-order chi connectivity index (χ0) is 24.5. The Labute approximate surface area is 204 Å². The number of carbonyl (C=O) groups excluding carboxylic acids is 4. The van der Waals surface area contributed by atoms with Crippen LogP contribution >= 0.6 is 11.6 Å². The topological polar surface area (TPSA) is 140 Å². The van der Waals surface area contributed by atoms with Crippen LogP contribution in [0.4, 0.5) is 5.69 Å². The summed E-state index contributed by atoms with van der Waals surface area (Å²) in [6, 6.07) is 9.55. The van der Waals surface area contributed by atoms with Gasteiger partial charge in [0.15, 0.2) is 11.5 Å². The number of benzene rings is 2. The van der Waals surface area contributed by atoms with Gasteiger partial charge in [-0.25, -0.2) is 0 Å². The molecular weight excluding hydrogens is 476 g/mol. The first-order valence-electron chi connectivity index (χ1n) is 11.2. The zero-order valence-corrected chi connectivity index (χ0v) is 19.1. The summed E-state index contributed by atoms with van der Waals surface area (Å²) in [5, 5.41) is 6.47. The summed E-state index contributed by atoms with van der Waals surface area (Å²) in [5.41, 5.74) is 5.60. The molecule has 4 N–H and O–H groups in total. The molecule has 4 atom stereocenters. The van der Waals surface area contributed by atoms with Crippen LogP contribution in [0, 0.1) is 11.8 Å². The van der Waals surface area contributed by atoms with Gasteiger partial charge < -0.3 is 20.5 Å². The summed E-state index contributed by atoms with van der Waals surface area (Å²) in [7, 11) is 0. The standard InChI is InChI=1S/C24H21ClN4O6/c25-12-2-3-14-13(8-12)24(23(33)27-14)20-19(15(28-24)4-6-18(26)30)21(31)29(22(20)32)9-11-1-5-16-17(7-11)35-10-34-16/h1-3,5,7-8,15,19-20,28H,4,6,9-10H2,(H2,26,30)(H,27,33). The van der Waals surface area contributed by atoms with Crippen LogP contribution in [-0.2, 0) is 31.3 Å². The van der Waals surface area contributed by atoms with Crippen molar-refractivity contribution < 1.29 is 28.7 Å². The number of anilines is 1. The molecule has 0 aromatic heterocycles. The maximum Gasteiger partial charge on any atom is 0.250 e. The van der Waals surface area contributed by atoms with Crippen LogP contribution in [0.1, 0.15) is 24.0 Å². The number of hydrogen-bond acceptors (Lipinski definition) is 7. The fraction of sp³-hybridized carbons (Fsp3) is 0.333. The minimum atomic E-state index is -1.48. The van der Waals surface area contributed by atoms with E-state index >= 15 is 0 Å². The van der Waals surface area contributed by atoms with Crippen molar-refractivity contribution in [1.29, 1.82) is 0 Å². The maximum atomic E-state index is 13.8. The Morgan fingerprint density at radius 3 is 2.71 bits per heavy atom. The third-order valence-electron chi connectivity index (χ3n) is 7.25. The van der Waals surface area contributed by atoms with E-state index in [4.69, 9.17) is 26.8 Å². The first kappa shape index (κ1) is 21.9. The number of likely N-dealkylation sites (tertiary alicyclic amines) is 1. The van der Waals surface area contributed by atoms with Gasteiger partial charge in [0.25, 0.3) is 0 Å². The Bertz CT molecular complexity index is 1310. The highest BCUT2D eigenvalue weighted by Gasteiger charge is 2.70. The summed E-state index contributed by atoms with van der Waals surface area (Å²) >= 11 is 6.25. The Morgan fingerprint density at radius 2 is 1.91 bits per heavy atom. The van der Waals surface area contributed by atoms with Gasteiger partial charge in [0.2, 0.25) is 30.4 Å². The number of primary amides is 1. The number of hydrogen-bond donors (Lipinski definition) is 3. The number of imide groups is 1. The highest BCUT2D eigenvalue weighted by molar-refractivity contribution is 6.31. The van der Waals surface area contributed by atoms with Gasteiger partial charge in [-0.3, -0.25) is 29.4 Å². The van der Waals surface area contributed by atoms with E-state index < -0.39 is 47.0 Å². The van der Waals surface area contributed by atoms with Gasteiger partial charge >= 0.3 is 0 Å². The summed E-state index contributed by atoms with van der Waals surface area (Å²) in [6.45, 7) is 0.126. The lowest BCUT2D eigenvalue weighted by atomic mass is 9.76. The minimum absolute atomic E-state index is 0.00458. The fourth-order valence-electron chi connectivity index (χ4n) is 5.76. The highest BCUT2D eigenvalue weighted by Crippen LogP contribution is 2.54. The van der Waals surface area contributed by atoms with E-state index in [9.17, 15) is 19.2 Å². The maximum absolute atomic E-state index is 13.8. The van der Waals surface area contributed by atoms with Crippen LogP contribution < -0.4 is 25.8 Å². The normalized spacial score (nSPS) is 28.0. The summed E-state index contributed by atoms with van der Waals surface area (Å²) in [6.07, 6.45) is 0.211. The number of nitrogens with zero attached hydrogens (tertiary/aromatic N) is 1. The monoisotopic (exact) mass is 496 g/mol. The number of fused-ring (bicyclic) bond motifs is 5. The lowest BCUT2D eigenvalue weighted by Gasteiger charge is -2.29. The molecule has 6 rings (SSSR count). The molecule has 0 radical (unpaired) electrons. The number of nitrogens with one attached hydrogen (secondary N) is 2. The van der Waals surface area contributed by atoms with E-state index in [0.29, 0.717) is 33.3 Å². The molecule has 0 aliphatic carbocycles. The molecule has 2 aromatic rings. The fourth-order valence-corrected chi connectivity index (χ4v) is 5.93. The summed E-state index contributed by atoms with van der Waals surface area (Å²) in [5.74, 6) is -2.54. The average Bonchev–Trinajstić information content (AvgIpc) is 3.55. The van der Waals surface area contributed by atoms with Crippen molar-refractivity contribution in [2.24, 2.45) is 17.6 Å². The molecule has 4 amide bonds. The Hall–Kier alpha value is -3.63. The molecular formula is C24H21ClN4O6. The molecule has 2 saturated heterocycles. The predicted octanol–water partition coefficient (Wildman–Crippen LogP) is 1.25. The van der Waals surface area contributed by atoms with Gasteiger partial charge in [-0.1, -0.05) is 17.7 Å². The summed E-state index contributed by atoms with van der Waals surface area (Å²) < 4.78 is 10.7. The van der Waals surface area contributed by atoms with Gasteiger partial charge in [-0.05, 0) is 42.3 Å². The molecule has 35 heavy (non-hydrogen) atoms. The molecule has 4 aliphatic rings. The van der Waals surface area contributed by atoms with E-state index in [-0.39, 0.29) is 26.2 Å². The first-order chi connectivity index (χ1) is 16.8. The van der Waals surface area contributed by atoms with Gasteiger partial charge in [-0.15, -0.1) is 0 Å². The second kappa shape index (κ2) is 7.69. The van der Waals surface area contributed by atoms with Crippen molar-refractivity contribution in [3.63, 3.8) is 0 Å². The van der Waals surface area contributed by atoms with Crippen LogP contribution in [-0.4, -0.2) is 41.4 Å². The average molecular weight is 497 g/mol. The molecule has 4 heterocycles. The van der Waals surface area contributed by atoms with Gasteiger partial charge in [-0.2, -0.15) is 0 Å². The molecule has 4 unspecified atom stereocenters. The number of ether oxygens (including phenoxy) is 2. The highest BCUT2D eigenvalue weighted by atomic mass is 35.5. The van der Waals surface area contributed by atoms with Gasteiger partial charge in [0.05, 0.1) is 18.4 Å². The number of amides is 4. The van der Waals surface area contributed by atoms with E-state index in [1.54, 1.807) is 36.4 Å². The van der Waals surface area contributed by atoms with Crippen LogP contribution in [0.25, 0.3) is 0 Å². The summed E-state index contributed by atoms with van der Waals surface area (Å²) in [4.78, 5) is 53.6. The van der Waals surface area contributed by atoms with Gasteiger partial charge in [0, 0.05) is 28.7 Å². The third kappa shape index (κ3) is 3.13. The minimum Gasteiger partial charge on any atom is -0.454 e. The van der Waals surface area contributed by atoms with Crippen LogP contribution in [0.3, 0.4) is 0 Å². The number of halogens is 1. The van der Waals surface area contributed by atoms with Crippen molar-refractivity contribution in [2.75, 3.05) is 12.1 Å². The molecule has 0 saturated carbocycles. The van der Waals surface area contributed by atoms with Crippen LogP contribution in [0.2, 0.25) is 5.02 Å². The molecule has 4 aliphatic heterocycles.